The summed E-state index contributed by atoms with van der Waals surface area (Å²) in [7, 11) is 4.77. The number of amides is 1. The van der Waals surface area contributed by atoms with E-state index in [0.29, 0.717) is 16.4 Å². The summed E-state index contributed by atoms with van der Waals surface area (Å²) in [6, 6.07) is 0. The Labute approximate surface area is 111 Å². The molecule has 7 heteroatoms. The topological polar surface area (TPSA) is 67.6 Å². The van der Waals surface area contributed by atoms with Gasteiger partial charge in [-0.3, -0.25) is 9.48 Å². The van der Waals surface area contributed by atoms with Gasteiger partial charge in [-0.25, -0.2) is 0 Å². The van der Waals surface area contributed by atoms with E-state index < -0.39 is 6.10 Å². The molecule has 1 aromatic rings. The summed E-state index contributed by atoms with van der Waals surface area (Å²) in [5, 5.41) is 14.0. The first-order chi connectivity index (χ1) is 8.38. The van der Waals surface area contributed by atoms with E-state index in [-0.39, 0.29) is 19.1 Å². The summed E-state index contributed by atoms with van der Waals surface area (Å²) >= 11 is 6.02. The lowest BCUT2D eigenvalue weighted by molar-refractivity contribution is 0.0380. The summed E-state index contributed by atoms with van der Waals surface area (Å²) in [4.78, 5) is 13.6. The van der Waals surface area contributed by atoms with Crippen LogP contribution >= 0.6 is 11.6 Å². The molecule has 102 valence electrons. The Balaban J connectivity index is 2.80. The molecule has 1 rings (SSSR count). The van der Waals surface area contributed by atoms with Crippen molar-refractivity contribution >= 4 is 17.5 Å². The van der Waals surface area contributed by atoms with Crippen molar-refractivity contribution in [2.45, 2.75) is 13.0 Å². The third-order valence-electron chi connectivity index (χ3n) is 2.56. The third-order valence-corrected chi connectivity index (χ3v) is 2.99. The van der Waals surface area contributed by atoms with Gasteiger partial charge in [-0.2, -0.15) is 5.10 Å². The maximum Gasteiger partial charge on any atom is 0.258 e. The first-order valence-electron chi connectivity index (χ1n) is 5.50. The minimum absolute atomic E-state index is 0.178. The Morgan fingerprint density at radius 3 is 2.72 bits per heavy atom. The van der Waals surface area contributed by atoms with Gasteiger partial charge >= 0.3 is 0 Å². The second kappa shape index (κ2) is 6.17. The number of hydrogen-bond donors (Lipinski definition) is 1. The van der Waals surface area contributed by atoms with E-state index in [1.54, 1.807) is 21.0 Å². The van der Waals surface area contributed by atoms with Crippen LogP contribution in [0.5, 0.6) is 0 Å². The van der Waals surface area contributed by atoms with Crippen LogP contribution in [0.15, 0.2) is 0 Å². The summed E-state index contributed by atoms with van der Waals surface area (Å²) in [6.45, 7) is 2.08. The van der Waals surface area contributed by atoms with Gasteiger partial charge in [-0.15, -0.1) is 0 Å². The van der Waals surface area contributed by atoms with Gasteiger partial charge in [0.1, 0.15) is 5.15 Å². The average Bonchev–Trinajstić information content (AvgIpc) is 2.52. The van der Waals surface area contributed by atoms with Crippen LogP contribution in [0.4, 0.5) is 0 Å². The minimum Gasteiger partial charge on any atom is -0.389 e. The molecule has 0 aliphatic heterocycles. The largest absolute Gasteiger partial charge is 0.389 e. The normalized spacial score (nSPS) is 12.6. The van der Waals surface area contributed by atoms with E-state index >= 15 is 0 Å². The molecule has 0 aromatic carbocycles. The van der Waals surface area contributed by atoms with Gasteiger partial charge in [-0.05, 0) is 6.92 Å². The van der Waals surface area contributed by atoms with E-state index in [9.17, 15) is 9.90 Å². The number of aromatic nitrogens is 2. The number of carbonyl (C=O) groups excluding carboxylic acids is 1. The quantitative estimate of drug-likeness (QED) is 0.848. The van der Waals surface area contributed by atoms with Crippen molar-refractivity contribution in [3.63, 3.8) is 0 Å². The first-order valence-corrected chi connectivity index (χ1v) is 5.87. The highest BCUT2D eigenvalue weighted by Crippen LogP contribution is 2.20. The molecule has 0 bridgehead atoms. The maximum atomic E-state index is 12.2. The Morgan fingerprint density at radius 1 is 1.67 bits per heavy atom. The fourth-order valence-corrected chi connectivity index (χ4v) is 1.96. The number of hydrogen-bond acceptors (Lipinski definition) is 4. The standard InChI is InChI=1S/C11H18ClN3O3/c1-7-9(10(12)15(3)13-7)11(17)14(2)5-8(16)6-18-4/h8,16H,5-6H2,1-4H3. The lowest BCUT2D eigenvalue weighted by atomic mass is 10.2. The van der Waals surface area contributed by atoms with Crippen LogP contribution in [0.2, 0.25) is 5.15 Å². The zero-order valence-corrected chi connectivity index (χ0v) is 11.7. The van der Waals surface area contributed by atoms with Crippen LogP contribution < -0.4 is 0 Å². The van der Waals surface area contributed by atoms with E-state index in [2.05, 4.69) is 5.10 Å². The highest BCUT2D eigenvalue weighted by atomic mass is 35.5. The Morgan fingerprint density at radius 2 is 2.28 bits per heavy atom. The minimum atomic E-state index is -0.722. The van der Waals surface area contributed by atoms with Gasteiger partial charge in [0.05, 0.1) is 24.0 Å². The molecule has 1 heterocycles. The smallest absolute Gasteiger partial charge is 0.258 e. The van der Waals surface area contributed by atoms with Crippen molar-refractivity contribution in [1.29, 1.82) is 0 Å². The molecule has 1 atom stereocenters. The molecule has 0 saturated heterocycles. The first kappa shape index (κ1) is 14.9. The fourth-order valence-electron chi connectivity index (χ4n) is 1.71. The molecule has 0 radical (unpaired) electrons. The van der Waals surface area contributed by atoms with Gasteiger partial charge < -0.3 is 14.7 Å². The van der Waals surface area contributed by atoms with Gasteiger partial charge in [0.15, 0.2) is 0 Å². The number of likely N-dealkylation sites (N-methyl/N-ethyl adjacent to an activating group) is 1. The lowest BCUT2D eigenvalue weighted by Gasteiger charge is -2.20. The number of rotatable bonds is 5. The number of aryl methyl sites for hydroxylation is 2. The number of ether oxygens (including phenoxy) is 1. The van der Waals surface area contributed by atoms with Crippen LogP contribution in [-0.2, 0) is 11.8 Å². The van der Waals surface area contributed by atoms with Crippen molar-refractivity contribution in [2.75, 3.05) is 27.3 Å². The molecule has 0 aliphatic carbocycles. The second-order valence-electron chi connectivity index (χ2n) is 4.17. The highest BCUT2D eigenvalue weighted by molar-refractivity contribution is 6.33. The Kier molecular flexibility index (Phi) is 5.13. The van der Waals surface area contributed by atoms with E-state index in [0.717, 1.165) is 0 Å². The Bertz CT molecular complexity index is 433. The lowest BCUT2D eigenvalue weighted by Crippen LogP contribution is -2.36. The molecular weight excluding hydrogens is 258 g/mol. The van der Waals surface area contributed by atoms with E-state index in [1.165, 1.54) is 16.7 Å². The SMILES string of the molecule is COCC(O)CN(C)C(=O)c1c(C)nn(C)c1Cl. The molecular formula is C11H18ClN3O3. The van der Waals surface area contributed by atoms with Crippen LogP contribution in [0.25, 0.3) is 0 Å². The number of aliphatic hydroxyl groups excluding tert-OH is 1. The number of aliphatic hydroxyl groups is 1. The van der Waals surface area contributed by atoms with Crippen molar-refractivity contribution in [3.8, 4) is 0 Å². The molecule has 0 aliphatic rings. The van der Waals surface area contributed by atoms with Gasteiger partial charge in [0.2, 0.25) is 0 Å². The monoisotopic (exact) mass is 275 g/mol. The molecule has 0 saturated carbocycles. The maximum absolute atomic E-state index is 12.2. The van der Waals surface area contributed by atoms with Gasteiger partial charge in [0.25, 0.3) is 5.91 Å². The molecule has 0 spiro atoms. The van der Waals surface area contributed by atoms with Crippen molar-refractivity contribution in [2.24, 2.45) is 7.05 Å². The summed E-state index contributed by atoms with van der Waals surface area (Å²) in [5.74, 6) is -0.263. The van der Waals surface area contributed by atoms with Crippen LogP contribution in [0.3, 0.4) is 0 Å². The molecule has 1 N–H and O–H groups in total. The fraction of sp³-hybridized carbons (Fsp3) is 0.636. The summed E-state index contributed by atoms with van der Waals surface area (Å²) < 4.78 is 6.26. The van der Waals surface area contributed by atoms with Crippen molar-refractivity contribution in [1.82, 2.24) is 14.7 Å². The van der Waals surface area contributed by atoms with Gasteiger partial charge in [0, 0.05) is 27.7 Å². The Hall–Kier alpha value is -1.11. The zero-order valence-electron chi connectivity index (χ0n) is 11.0. The second-order valence-corrected chi connectivity index (χ2v) is 4.53. The van der Waals surface area contributed by atoms with Crippen molar-refractivity contribution < 1.29 is 14.6 Å². The van der Waals surface area contributed by atoms with Crippen molar-refractivity contribution in [3.05, 3.63) is 16.4 Å². The van der Waals surface area contributed by atoms with Crippen LogP contribution in [-0.4, -0.2) is 59.1 Å². The molecule has 0 fully saturated rings. The summed E-state index contributed by atoms with van der Waals surface area (Å²) in [5.41, 5.74) is 0.937. The van der Waals surface area contributed by atoms with Gasteiger partial charge in [-0.1, -0.05) is 11.6 Å². The van der Waals surface area contributed by atoms with E-state index in [1.807, 2.05) is 0 Å². The number of carbonyl (C=O) groups is 1. The molecule has 1 amide bonds. The zero-order chi connectivity index (χ0) is 13.9. The van der Waals surface area contributed by atoms with Crippen LogP contribution in [0.1, 0.15) is 16.1 Å². The number of nitrogens with zero attached hydrogens (tertiary/aromatic N) is 3. The molecule has 1 aromatic heterocycles. The average molecular weight is 276 g/mol. The molecule has 1 unspecified atom stereocenters. The predicted molar refractivity (Wildman–Crippen MR) is 67.8 cm³/mol. The highest BCUT2D eigenvalue weighted by Gasteiger charge is 2.23. The third kappa shape index (κ3) is 3.22. The summed E-state index contributed by atoms with van der Waals surface area (Å²) in [6.07, 6.45) is -0.722. The molecule has 18 heavy (non-hydrogen) atoms. The van der Waals surface area contributed by atoms with E-state index in [4.69, 9.17) is 16.3 Å². The molecule has 6 nitrogen and oxygen atoms in total. The van der Waals surface area contributed by atoms with Crippen LogP contribution in [0, 0.1) is 6.92 Å². The number of methoxy groups -OCH3 is 1. The number of halogens is 1. The predicted octanol–water partition coefficient (Wildman–Crippen LogP) is 0.461.